The van der Waals surface area contributed by atoms with Gasteiger partial charge in [0.1, 0.15) is 0 Å². The summed E-state index contributed by atoms with van der Waals surface area (Å²) in [5.41, 5.74) is 0. The van der Waals surface area contributed by atoms with Crippen molar-refractivity contribution in [1.29, 1.82) is 0 Å². The molecule has 0 fully saturated rings. The number of nitrogens with one attached hydrogen (secondary N) is 1. The molecule has 0 aromatic heterocycles. The number of amides is 1. The van der Waals surface area contributed by atoms with Crippen LogP contribution in [0.25, 0.3) is 0 Å². The predicted molar refractivity (Wildman–Crippen MR) is 370 cm³/mol. The molecule has 0 spiro atoms. The second-order valence-corrected chi connectivity index (χ2v) is 26.3. The molecule has 0 aliphatic rings. The van der Waals surface area contributed by atoms with Gasteiger partial charge in [0.25, 0.3) is 0 Å². The van der Waals surface area contributed by atoms with Crippen molar-refractivity contribution in [1.82, 2.24) is 5.32 Å². The highest BCUT2D eigenvalue weighted by Gasteiger charge is 2.18. The maximum atomic E-state index is 12.5. The average Bonchev–Trinajstić information content (AvgIpc) is 3.51. The smallest absolute Gasteiger partial charge is 0.305 e. The van der Waals surface area contributed by atoms with Crippen LogP contribution in [-0.2, 0) is 14.3 Å². The number of rotatable bonds is 72. The quantitative estimate of drug-likeness (QED) is 0.0320. The predicted octanol–water partition coefficient (Wildman–Crippen LogP) is 25.0. The van der Waals surface area contributed by atoms with Crippen molar-refractivity contribution >= 4 is 11.9 Å². The number of ether oxygens (including phenoxy) is 1. The van der Waals surface area contributed by atoms with E-state index in [0.29, 0.717) is 19.4 Å². The molecule has 0 aromatic carbocycles. The fourth-order valence-corrected chi connectivity index (χ4v) is 12.1. The molecule has 1 amide bonds. The fraction of sp³-hybridized carbons (Fsp3) is 0.897. The van der Waals surface area contributed by atoms with E-state index >= 15 is 0 Å². The number of aliphatic hydroxyl groups excluding tert-OH is 2. The van der Waals surface area contributed by atoms with Gasteiger partial charge in [-0.15, -0.1) is 0 Å². The minimum Gasteiger partial charge on any atom is -0.466 e. The first-order valence-electron chi connectivity index (χ1n) is 38.3. The zero-order chi connectivity index (χ0) is 60.6. The van der Waals surface area contributed by atoms with Crippen LogP contribution in [0.15, 0.2) is 36.5 Å². The van der Waals surface area contributed by atoms with Crippen LogP contribution in [0.3, 0.4) is 0 Å². The number of carbonyl (C=O) groups is 2. The zero-order valence-electron chi connectivity index (χ0n) is 56.9. The summed E-state index contributed by atoms with van der Waals surface area (Å²) >= 11 is 0. The van der Waals surface area contributed by atoms with Crippen molar-refractivity contribution in [2.75, 3.05) is 13.2 Å². The number of aliphatic hydroxyl groups is 2. The number of hydrogen-bond donors (Lipinski definition) is 3. The highest BCUT2D eigenvalue weighted by molar-refractivity contribution is 5.76. The van der Waals surface area contributed by atoms with E-state index in [9.17, 15) is 19.8 Å². The third-order valence-corrected chi connectivity index (χ3v) is 17.9. The third-order valence-electron chi connectivity index (χ3n) is 17.9. The van der Waals surface area contributed by atoms with Crippen LogP contribution >= 0.6 is 0 Å². The van der Waals surface area contributed by atoms with E-state index in [0.717, 1.165) is 44.9 Å². The van der Waals surface area contributed by atoms with Crippen LogP contribution in [-0.4, -0.2) is 47.4 Å². The summed E-state index contributed by atoms with van der Waals surface area (Å²) in [6.45, 7) is 4.95. The summed E-state index contributed by atoms with van der Waals surface area (Å²) in [6, 6.07) is -0.629. The van der Waals surface area contributed by atoms with E-state index in [1.54, 1.807) is 6.08 Å². The summed E-state index contributed by atoms with van der Waals surface area (Å²) in [4.78, 5) is 24.6. The summed E-state index contributed by atoms with van der Waals surface area (Å²) in [5, 5.41) is 23.3. The van der Waals surface area contributed by atoms with Gasteiger partial charge in [-0.2, -0.15) is 0 Å². The monoisotopic (exact) mass is 1180 g/mol. The van der Waals surface area contributed by atoms with Crippen LogP contribution in [0.4, 0.5) is 0 Å². The Kier molecular flexibility index (Phi) is 71.9. The second kappa shape index (κ2) is 73.5. The van der Waals surface area contributed by atoms with Gasteiger partial charge >= 0.3 is 5.97 Å². The van der Waals surface area contributed by atoms with E-state index in [1.807, 2.05) is 6.08 Å². The van der Waals surface area contributed by atoms with Gasteiger partial charge in [-0.3, -0.25) is 9.59 Å². The molecule has 0 aliphatic heterocycles. The molecule has 496 valence electrons. The van der Waals surface area contributed by atoms with E-state index in [4.69, 9.17) is 4.74 Å². The molecule has 2 unspecified atom stereocenters. The third kappa shape index (κ3) is 69.2. The Morgan fingerprint density at radius 1 is 0.333 bits per heavy atom. The highest BCUT2D eigenvalue weighted by atomic mass is 16.5. The van der Waals surface area contributed by atoms with E-state index in [2.05, 4.69) is 43.5 Å². The summed E-state index contributed by atoms with van der Waals surface area (Å²) in [5.74, 6) is -0.0478. The molecule has 0 heterocycles. The highest BCUT2D eigenvalue weighted by Crippen LogP contribution is 2.19. The Balaban J connectivity index is 3.41. The van der Waals surface area contributed by atoms with Gasteiger partial charge in [-0.25, -0.2) is 0 Å². The molecule has 6 heteroatoms. The molecule has 0 aliphatic carbocycles. The van der Waals surface area contributed by atoms with Crippen LogP contribution in [0.2, 0.25) is 0 Å². The Bertz CT molecular complexity index is 1360. The van der Waals surface area contributed by atoms with Gasteiger partial charge in [-0.05, 0) is 64.2 Å². The Morgan fingerprint density at radius 2 is 0.595 bits per heavy atom. The van der Waals surface area contributed by atoms with Crippen molar-refractivity contribution in [3.05, 3.63) is 36.5 Å². The largest absolute Gasteiger partial charge is 0.466 e. The van der Waals surface area contributed by atoms with Crippen molar-refractivity contribution in [3.63, 3.8) is 0 Å². The van der Waals surface area contributed by atoms with Gasteiger partial charge in [0.2, 0.25) is 5.91 Å². The summed E-state index contributed by atoms with van der Waals surface area (Å²) in [6.07, 6.45) is 95.4. The van der Waals surface area contributed by atoms with Crippen LogP contribution < -0.4 is 5.32 Å². The van der Waals surface area contributed by atoms with Gasteiger partial charge in [-0.1, -0.05) is 384 Å². The first-order valence-corrected chi connectivity index (χ1v) is 38.3. The Morgan fingerprint density at radius 3 is 0.905 bits per heavy atom. The molecule has 6 nitrogen and oxygen atoms in total. The minimum absolute atomic E-state index is 0.0151. The van der Waals surface area contributed by atoms with Crippen molar-refractivity contribution in [2.45, 2.75) is 437 Å². The first kappa shape index (κ1) is 82.1. The number of esters is 1. The standard InChI is InChI=1S/C78H149NO5/c1-3-5-7-9-11-13-15-17-18-19-20-21-31-34-37-40-43-47-50-54-58-62-66-70-76(81)75(74-80)79-77(82)71-67-63-59-55-51-48-44-41-38-35-32-29-27-25-23-22-24-26-28-30-33-36-39-42-45-49-53-57-61-65-69-73-84-78(83)72-68-64-60-56-52-46-16-14-12-10-8-6-4-2/h24,26,30,33,66,70,75-76,80-81H,3-23,25,27-29,31-32,34-65,67-69,71-74H2,1-2H3,(H,79,82)/b26-24-,33-30-,70-66+. The van der Waals surface area contributed by atoms with Crippen LogP contribution in [0.1, 0.15) is 425 Å². The first-order chi connectivity index (χ1) is 41.5. The average molecular weight is 1180 g/mol. The normalized spacial score (nSPS) is 12.7. The molecule has 0 rings (SSSR count). The maximum absolute atomic E-state index is 12.5. The molecule has 0 saturated carbocycles. The van der Waals surface area contributed by atoms with Gasteiger partial charge in [0, 0.05) is 12.8 Å². The van der Waals surface area contributed by atoms with Crippen molar-refractivity contribution < 1.29 is 24.5 Å². The van der Waals surface area contributed by atoms with Crippen molar-refractivity contribution in [3.8, 4) is 0 Å². The SMILES string of the molecule is CCCCCCCCCCCCCCCCCCCCCCC/C=C/C(O)C(CO)NC(=O)CCCCCCCCCCCCCCCCC/C=C\C/C=C\CCCCCCCCCCCOC(=O)CCCCCCCCCCCCCCC. The van der Waals surface area contributed by atoms with Gasteiger partial charge < -0.3 is 20.3 Å². The fourth-order valence-electron chi connectivity index (χ4n) is 12.1. The Hall–Kier alpha value is -1.92. The number of hydrogen-bond acceptors (Lipinski definition) is 5. The Labute approximate surface area is 525 Å². The van der Waals surface area contributed by atoms with Crippen LogP contribution in [0, 0.1) is 0 Å². The lowest BCUT2D eigenvalue weighted by Crippen LogP contribution is -2.45. The van der Waals surface area contributed by atoms with Gasteiger partial charge in [0.05, 0.1) is 25.4 Å². The number of unbranched alkanes of at least 4 members (excludes halogenated alkanes) is 57. The molecule has 0 bridgehead atoms. The lowest BCUT2D eigenvalue weighted by molar-refractivity contribution is -0.143. The molecular weight excluding hydrogens is 1030 g/mol. The topological polar surface area (TPSA) is 95.9 Å². The summed E-state index contributed by atoms with van der Waals surface area (Å²) in [7, 11) is 0. The zero-order valence-corrected chi connectivity index (χ0v) is 56.9. The number of allylic oxidation sites excluding steroid dienone is 5. The minimum atomic E-state index is -0.846. The molecule has 0 aromatic rings. The molecule has 0 saturated heterocycles. The lowest BCUT2D eigenvalue weighted by Gasteiger charge is -2.20. The number of carbonyl (C=O) groups excluding carboxylic acids is 2. The molecule has 2 atom stereocenters. The van der Waals surface area contributed by atoms with E-state index < -0.39 is 12.1 Å². The molecule has 84 heavy (non-hydrogen) atoms. The van der Waals surface area contributed by atoms with Crippen molar-refractivity contribution in [2.24, 2.45) is 0 Å². The summed E-state index contributed by atoms with van der Waals surface area (Å²) < 4.78 is 5.49. The lowest BCUT2D eigenvalue weighted by atomic mass is 10.0. The second-order valence-electron chi connectivity index (χ2n) is 26.3. The molecular formula is C78H149NO5. The van der Waals surface area contributed by atoms with Crippen LogP contribution in [0.5, 0.6) is 0 Å². The molecule has 3 N–H and O–H groups in total. The van der Waals surface area contributed by atoms with Gasteiger partial charge in [0.15, 0.2) is 0 Å². The van der Waals surface area contributed by atoms with E-state index in [1.165, 1.54) is 353 Å². The molecule has 0 radical (unpaired) electrons. The maximum Gasteiger partial charge on any atom is 0.305 e. The van der Waals surface area contributed by atoms with E-state index in [-0.39, 0.29) is 18.5 Å².